The highest BCUT2D eigenvalue weighted by Gasteiger charge is 2.25. The lowest BCUT2D eigenvalue weighted by atomic mass is 10.0. The first-order valence-corrected chi connectivity index (χ1v) is 8.70. The van der Waals surface area contributed by atoms with Gasteiger partial charge in [0.1, 0.15) is 0 Å². The number of hydrogen-bond donors (Lipinski definition) is 1. The van der Waals surface area contributed by atoms with Gasteiger partial charge in [-0.05, 0) is 62.0 Å². The topological polar surface area (TPSA) is 41.0 Å². The van der Waals surface area contributed by atoms with Crippen molar-refractivity contribution in [2.45, 2.75) is 46.0 Å². The number of nitrogens with one attached hydrogen (secondary N) is 1. The number of benzene rings is 1. The Morgan fingerprint density at radius 2 is 2.00 bits per heavy atom. The van der Waals surface area contributed by atoms with E-state index in [1.54, 1.807) is 0 Å². The minimum Gasteiger partial charge on any atom is -0.282 e. The molecule has 1 aliphatic carbocycles. The lowest BCUT2D eigenvalue weighted by Crippen LogP contribution is -1.93. The summed E-state index contributed by atoms with van der Waals surface area (Å²) >= 11 is 0. The molecule has 1 aromatic heterocycles. The number of hydrogen-bond acceptors (Lipinski definition) is 2. The van der Waals surface area contributed by atoms with Gasteiger partial charge in [-0.3, -0.25) is 10.1 Å². The van der Waals surface area contributed by atoms with Crippen molar-refractivity contribution in [3.05, 3.63) is 70.7 Å². The van der Waals surface area contributed by atoms with Crippen LogP contribution in [0.15, 0.2) is 58.7 Å². The molecule has 3 nitrogen and oxygen atoms in total. The van der Waals surface area contributed by atoms with Crippen molar-refractivity contribution in [1.82, 2.24) is 10.2 Å². The molecule has 0 spiro atoms. The van der Waals surface area contributed by atoms with Gasteiger partial charge in [-0.25, -0.2) is 0 Å². The molecule has 0 bridgehead atoms. The summed E-state index contributed by atoms with van der Waals surface area (Å²) in [7, 11) is 0. The Kier molecular flexibility index (Phi) is 5.09. The maximum atomic E-state index is 4.66. The molecule has 0 amide bonds. The van der Waals surface area contributed by atoms with Crippen molar-refractivity contribution in [3.63, 3.8) is 0 Å². The minimum atomic E-state index is 0.708. The summed E-state index contributed by atoms with van der Waals surface area (Å²) in [6.07, 6.45) is 7.66. The maximum absolute atomic E-state index is 4.66. The zero-order valence-corrected chi connectivity index (χ0v) is 14.7. The zero-order valence-electron chi connectivity index (χ0n) is 14.7. The van der Waals surface area contributed by atoms with Crippen LogP contribution < -0.4 is 0 Å². The molecule has 3 heteroatoms. The molecule has 2 aromatic rings. The van der Waals surface area contributed by atoms with Crippen LogP contribution in [-0.2, 0) is 0 Å². The lowest BCUT2D eigenvalue weighted by Gasteiger charge is -2.04. The molecule has 1 aliphatic rings. The molecule has 0 radical (unpaired) electrons. The quantitative estimate of drug-likeness (QED) is 0.555. The lowest BCUT2D eigenvalue weighted by molar-refractivity contribution is 0.962. The smallest absolute Gasteiger partial charge is 0.0854 e. The van der Waals surface area contributed by atoms with Crippen molar-refractivity contribution >= 4 is 11.8 Å². The van der Waals surface area contributed by atoms with E-state index in [1.165, 1.54) is 29.7 Å². The Labute approximate surface area is 144 Å². The standard InChI is InChI=1S/C21H25N3/c1-4-17(14-22-16(3)18-8-6-5-7-9-18)15(2)12-20-13-21(24-23-20)19-10-11-19/h5-9,12-14,19H,4,10-11H2,1-3H3,(H,23,24)/b15-12+,17-14?,22-16?. The van der Waals surface area contributed by atoms with E-state index in [-0.39, 0.29) is 0 Å². The van der Waals surface area contributed by atoms with Gasteiger partial charge >= 0.3 is 0 Å². The summed E-state index contributed by atoms with van der Waals surface area (Å²) in [5.74, 6) is 0.708. The van der Waals surface area contributed by atoms with Crippen molar-refractivity contribution in [1.29, 1.82) is 0 Å². The molecule has 1 saturated carbocycles. The summed E-state index contributed by atoms with van der Waals surface area (Å²) < 4.78 is 0. The monoisotopic (exact) mass is 319 g/mol. The van der Waals surface area contributed by atoms with Crippen molar-refractivity contribution in [2.75, 3.05) is 0 Å². The molecule has 124 valence electrons. The summed E-state index contributed by atoms with van der Waals surface area (Å²) in [5, 5.41) is 7.57. The second-order valence-electron chi connectivity index (χ2n) is 6.44. The van der Waals surface area contributed by atoms with Crippen LogP contribution in [0.4, 0.5) is 0 Å². The number of H-pyrrole nitrogens is 1. The van der Waals surface area contributed by atoms with Gasteiger partial charge in [-0.2, -0.15) is 5.10 Å². The Morgan fingerprint density at radius 1 is 1.25 bits per heavy atom. The van der Waals surface area contributed by atoms with Gasteiger partial charge < -0.3 is 0 Å². The molecule has 1 fully saturated rings. The molecule has 0 atom stereocenters. The first-order valence-electron chi connectivity index (χ1n) is 8.70. The Balaban J connectivity index is 1.77. The van der Waals surface area contributed by atoms with Gasteiger partial charge in [-0.1, -0.05) is 37.3 Å². The largest absolute Gasteiger partial charge is 0.282 e. The number of aromatic amines is 1. The Morgan fingerprint density at radius 3 is 2.67 bits per heavy atom. The molecule has 1 aromatic carbocycles. The number of nitrogens with zero attached hydrogens (tertiary/aromatic N) is 2. The van der Waals surface area contributed by atoms with E-state index in [2.05, 4.69) is 53.3 Å². The molecular weight excluding hydrogens is 294 g/mol. The minimum absolute atomic E-state index is 0.708. The molecule has 1 N–H and O–H groups in total. The molecule has 0 unspecified atom stereocenters. The summed E-state index contributed by atoms with van der Waals surface area (Å²) in [5.41, 5.74) is 6.93. The molecule has 0 aliphatic heterocycles. The van der Waals surface area contributed by atoms with Gasteiger partial charge in [0.25, 0.3) is 0 Å². The van der Waals surface area contributed by atoms with Crippen LogP contribution in [0.25, 0.3) is 6.08 Å². The summed E-state index contributed by atoms with van der Waals surface area (Å²) in [6, 6.07) is 12.5. The molecular formula is C21H25N3. The van der Waals surface area contributed by atoms with Crippen LogP contribution in [0.1, 0.15) is 62.9 Å². The summed E-state index contributed by atoms with van der Waals surface area (Å²) in [6.45, 7) is 6.35. The number of rotatable bonds is 6. The van der Waals surface area contributed by atoms with Crippen molar-refractivity contribution < 1.29 is 0 Å². The van der Waals surface area contributed by atoms with E-state index in [0.717, 1.165) is 23.4 Å². The number of allylic oxidation sites excluding steroid dienone is 2. The Hall–Kier alpha value is -2.42. The normalized spacial score (nSPS) is 16.5. The average molecular weight is 319 g/mol. The SMILES string of the molecule is CCC(=CN=C(C)c1ccccc1)/C(C)=C/c1cc(C2CC2)[nH]n1. The highest BCUT2D eigenvalue weighted by atomic mass is 15.1. The maximum Gasteiger partial charge on any atom is 0.0854 e. The van der Waals surface area contributed by atoms with E-state index in [4.69, 9.17) is 0 Å². The predicted molar refractivity (Wildman–Crippen MR) is 101 cm³/mol. The molecule has 1 heterocycles. The third kappa shape index (κ3) is 4.10. The van der Waals surface area contributed by atoms with E-state index in [9.17, 15) is 0 Å². The van der Waals surface area contributed by atoms with Crippen LogP contribution in [0.2, 0.25) is 0 Å². The van der Waals surface area contributed by atoms with Crippen LogP contribution in [0, 0.1) is 0 Å². The Bertz CT molecular complexity index is 774. The number of aromatic nitrogens is 2. The van der Waals surface area contributed by atoms with E-state index in [0.29, 0.717) is 5.92 Å². The van der Waals surface area contributed by atoms with Crippen LogP contribution >= 0.6 is 0 Å². The van der Waals surface area contributed by atoms with Crippen LogP contribution in [0.3, 0.4) is 0 Å². The van der Waals surface area contributed by atoms with Gasteiger partial charge in [0.2, 0.25) is 0 Å². The predicted octanol–water partition coefficient (Wildman–Crippen LogP) is 5.49. The van der Waals surface area contributed by atoms with E-state index in [1.807, 2.05) is 31.3 Å². The molecule has 0 saturated heterocycles. The van der Waals surface area contributed by atoms with Crippen LogP contribution in [-0.4, -0.2) is 15.9 Å². The van der Waals surface area contributed by atoms with E-state index < -0.39 is 0 Å². The van der Waals surface area contributed by atoms with Gasteiger partial charge in [-0.15, -0.1) is 0 Å². The second-order valence-corrected chi connectivity index (χ2v) is 6.44. The molecule has 3 rings (SSSR count). The fraction of sp³-hybridized carbons (Fsp3) is 0.333. The third-order valence-corrected chi connectivity index (χ3v) is 4.49. The van der Waals surface area contributed by atoms with Crippen LogP contribution in [0.5, 0.6) is 0 Å². The van der Waals surface area contributed by atoms with Gasteiger partial charge in [0.15, 0.2) is 0 Å². The molecule has 24 heavy (non-hydrogen) atoms. The van der Waals surface area contributed by atoms with Gasteiger partial charge in [0.05, 0.1) is 5.69 Å². The zero-order chi connectivity index (χ0) is 16.9. The van der Waals surface area contributed by atoms with Gasteiger partial charge in [0, 0.05) is 23.5 Å². The third-order valence-electron chi connectivity index (χ3n) is 4.49. The fourth-order valence-corrected chi connectivity index (χ4v) is 2.75. The first kappa shape index (κ1) is 16.4. The summed E-state index contributed by atoms with van der Waals surface area (Å²) in [4.78, 5) is 4.66. The first-order chi connectivity index (χ1) is 11.7. The van der Waals surface area contributed by atoms with Crippen molar-refractivity contribution in [3.8, 4) is 0 Å². The van der Waals surface area contributed by atoms with Crippen molar-refractivity contribution in [2.24, 2.45) is 4.99 Å². The highest BCUT2D eigenvalue weighted by molar-refractivity contribution is 5.99. The fourth-order valence-electron chi connectivity index (χ4n) is 2.75. The van der Waals surface area contributed by atoms with E-state index >= 15 is 0 Å². The average Bonchev–Trinajstić information content (AvgIpc) is 3.36. The highest BCUT2D eigenvalue weighted by Crippen LogP contribution is 2.39. The number of aliphatic imine (C=N–C) groups is 1. The second kappa shape index (κ2) is 7.43.